The molecule has 1 atom stereocenters. The molecule has 0 amide bonds. The fraction of sp³-hybridized carbons (Fsp3) is 0.385. The summed E-state index contributed by atoms with van der Waals surface area (Å²) in [6.45, 7) is 7.11. The van der Waals surface area contributed by atoms with Crippen molar-refractivity contribution < 1.29 is 0 Å². The lowest BCUT2D eigenvalue weighted by atomic mass is 10.0. The van der Waals surface area contributed by atoms with Crippen LogP contribution in [0.15, 0.2) is 18.2 Å². The summed E-state index contributed by atoms with van der Waals surface area (Å²) in [5, 5.41) is 3.28. The highest BCUT2D eigenvalue weighted by atomic mass is 14.9. The van der Waals surface area contributed by atoms with Gasteiger partial charge in [0, 0.05) is 6.54 Å². The zero-order valence-electron chi connectivity index (χ0n) is 9.09. The molecule has 1 N–H and O–H groups in total. The highest BCUT2D eigenvalue weighted by Crippen LogP contribution is 2.12. The predicted octanol–water partition coefficient (Wildman–Crippen LogP) is 2.41. The molecule has 0 saturated carbocycles. The van der Waals surface area contributed by atoms with E-state index in [1.54, 1.807) is 0 Å². The summed E-state index contributed by atoms with van der Waals surface area (Å²) in [6, 6.07) is 6.48. The maximum absolute atomic E-state index is 5.29. The van der Waals surface area contributed by atoms with Gasteiger partial charge in [0.05, 0.1) is 6.04 Å². The van der Waals surface area contributed by atoms with E-state index in [9.17, 15) is 0 Å². The van der Waals surface area contributed by atoms with Crippen LogP contribution >= 0.6 is 0 Å². The average molecular weight is 187 g/mol. The molecular formula is C13H17N. The Labute approximate surface area is 86.5 Å². The summed E-state index contributed by atoms with van der Waals surface area (Å²) in [4.78, 5) is 0. The lowest BCUT2D eigenvalue weighted by Crippen LogP contribution is -2.23. The second-order valence-electron chi connectivity index (χ2n) is 3.63. The number of aryl methyl sites for hydroxylation is 1. The molecule has 0 heterocycles. The maximum Gasteiger partial charge on any atom is 0.0660 e. The first kappa shape index (κ1) is 10.8. The standard InChI is InChI=1S/C13H17N/c1-5-11(3)14-9-13-8-6-7-10(2)12(13)4/h1,6-8,11,14H,9H2,2-4H3. The van der Waals surface area contributed by atoms with Crippen molar-refractivity contribution in [3.8, 4) is 12.3 Å². The molecular weight excluding hydrogens is 170 g/mol. The summed E-state index contributed by atoms with van der Waals surface area (Å²) in [6.07, 6.45) is 5.29. The molecule has 0 saturated heterocycles. The molecule has 74 valence electrons. The Morgan fingerprint density at radius 1 is 1.43 bits per heavy atom. The van der Waals surface area contributed by atoms with Gasteiger partial charge >= 0.3 is 0 Å². The van der Waals surface area contributed by atoms with Crippen LogP contribution in [0.1, 0.15) is 23.6 Å². The van der Waals surface area contributed by atoms with E-state index in [-0.39, 0.29) is 6.04 Å². The summed E-state index contributed by atoms with van der Waals surface area (Å²) < 4.78 is 0. The lowest BCUT2D eigenvalue weighted by Gasteiger charge is -2.11. The second-order valence-corrected chi connectivity index (χ2v) is 3.63. The van der Waals surface area contributed by atoms with Crippen LogP contribution in [-0.4, -0.2) is 6.04 Å². The Morgan fingerprint density at radius 3 is 2.79 bits per heavy atom. The van der Waals surface area contributed by atoms with Gasteiger partial charge in [0.15, 0.2) is 0 Å². The molecule has 0 aliphatic rings. The average Bonchev–Trinajstić information content (AvgIpc) is 2.20. The third-order valence-electron chi connectivity index (χ3n) is 2.57. The zero-order chi connectivity index (χ0) is 10.6. The van der Waals surface area contributed by atoms with Crippen LogP contribution in [0.25, 0.3) is 0 Å². The van der Waals surface area contributed by atoms with Gasteiger partial charge in [-0.15, -0.1) is 6.42 Å². The minimum atomic E-state index is 0.134. The molecule has 1 unspecified atom stereocenters. The zero-order valence-corrected chi connectivity index (χ0v) is 9.09. The monoisotopic (exact) mass is 187 g/mol. The third-order valence-corrected chi connectivity index (χ3v) is 2.57. The Kier molecular flexibility index (Phi) is 3.73. The molecule has 0 fully saturated rings. The lowest BCUT2D eigenvalue weighted by molar-refractivity contribution is 0.646. The molecule has 0 radical (unpaired) electrons. The summed E-state index contributed by atoms with van der Waals surface area (Å²) >= 11 is 0. The van der Waals surface area contributed by atoms with Crippen molar-refractivity contribution >= 4 is 0 Å². The van der Waals surface area contributed by atoms with Gasteiger partial charge in [-0.3, -0.25) is 5.32 Å². The van der Waals surface area contributed by atoms with Gasteiger partial charge < -0.3 is 0 Å². The topological polar surface area (TPSA) is 12.0 Å². The number of benzene rings is 1. The van der Waals surface area contributed by atoms with Crippen molar-refractivity contribution in [3.63, 3.8) is 0 Å². The first-order valence-electron chi connectivity index (χ1n) is 4.89. The van der Waals surface area contributed by atoms with Crippen molar-refractivity contribution in [3.05, 3.63) is 34.9 Å². The van der Waals surface area contributed by atoms with Crippen molar-refractivity contribution in [2.45, 2.75) is 33.4 Å². The van der Waals surface area contributed by atoms with Gasteiger partial charge in [0.1, 0.15) is 0 Å². The van der Waals surface area contributed by atoms with Crippen molar-refractivity contribution in [1.82, 2.24) is 5.32 Å². The van der Waals surface area contributed by atoms with Crippen LogP contribution in [0.2, 0.25) is 0 Å². The Bertz CT molecular complexity index is 347. The van der Waals surface area contributed by atoms with Crippen molar-refractivity contribution in [2.24, 2.45) is 0 Å². The SMILES string of the molecule is C#CC(C)NCc1cccc(C)c1C. The highest BCUT2D eigenvalue weighted by molar-refractivity contribution is 5.33. The Hall–Kier alpha value is -1.26. The molecule has 0 spiro atoms. The van der Waals surface area contributed by atoms with Gasteiger partial charge in [-0.2, -0.15) is 0 Å². The molecule has 0 aliphatic heterocycles. The molecule has 1 aromatic carbocycles. The molecule has 1 rings (SSSR count). The van der Waals surface area contributed by atoms with Crippen LogP contribution in [0.3, 0.4) is 0 Å². The van der Waals surface area contributed by atoms with Crippen molar-refractivity contribution in [1.29, 1.82) is 0 Å². The van der Waals surface area contributed by atoms with Crippen LogP contribution in [0.4, 0.5) is 0 Å². The van der Waals surface area contributed by atoms with E-state index in [1.165, 1.54) is 16.7 Å². The van der Waals surface area contributed by atoms with Gasteiger partial charge in [0.25, 0.3) is 0 Å². The number of hydrogen-bond donors (Lipinski definition) is 1. The molecule has 1 heteroatoms. The minimum absolute atomic E-state index is 0.134. The maximum atomic E-state index is 5.29. The van der Waals surface area contributed by atoms with E-state index < -0.39 is 0 Å². The van der Waals surface area contributed by atoms with E-state index >= 15 is 0 Å². The molecule has 1 nitrogen and oxygen atoms in total. The first-order valence-corrected chi connectivity index (χ1v) is 4.89. The Balaban J connectivity index is 2.69. The first-order chi connectivity index (χ1) is 6.65. The van der Waals surface area contributed by atoms with Crippen LogP contribution in [0, 0.1) is 26.2 Å². The predicted molar refractivity (Wildman–Crippen MR) is 61.1 cm³/mol. The van der Waals surface area contributed by atoms with Crippen LogP contribution < -0.4 is 5.32 Å². The summed E-state index contributed by atoms with van der Waals surface area (Å²) in [5.41, 5.74) is 4.01. The molecule has 14 heavy (non-hydrogen) atoms. The molecule has 0 bridgehead atoms. The second kappa shape index (κ2) is 4.83. The molecule has 0 aliphatic carbocycles. The van der Waals surface area contributed by atoms with Gasteiger partial charge in [-0.25, -0.2) is 0 Å². The van der Waals surface area contributed by atoms with E-state index in [4.69, 9.17) is 6.42 Å². The normalized spacial score (nSPS) is 12.1. The van der Waals surface area contributed by atoms with Crippen molar-refractivity contribution in [2.75, 3.05) is 0 Å². The minimum Gasteiger partial charge on any atom is -0.300 e. The highest BCUT2D eigenvalue weighted by Gasteiger charge is 2.01. The molecule has 1 aromatic rings. The number of nitrogens with one attached hydrogen (secondary N) is 1. The van der Waals surface area contributed by atoms with E-state index in [1.807, 2.05) is 6.92 Å². The van der Waals surface area contributed by atoms with Crippen LogP contribution in [0.5, 0.6) is 0 Å². The van der Waals surface area contributed by atoms with Gasteiger partial charge in [-0.05, 0) is 37.5 Å². The number of terminal acetylenes is 1. The summed E-state index contributed by atoms with van der Waals surface area (Å²) in [5.74, 6) is 2.66. The fourth-order valence-electron chi connectivity index (χ4n) is 1.33. The smallest absolute Gasteiger partial charge is 0.0660 e. The van der Waals surface area contributed by atoms with Crippen LogP contribution in [-0.2, 0) is 6.54 Å². The largest absolute Gasteiger partial charge is 0.300 e. The van der Waals surface area contributed by atoms with Gasteiger partial charge in [0.2, 0.25) is 0 Å². The van der Waals surface area contributed by atoms with E-state index in [2.05, 4.69) is 43.3 Å². The quantitative estimate of drug-likeness (QED) is 0.717. The van der Waals surface area contributed by atoms with E-state index in [0.717, 1.165) is 6.54 Å². The number of hydrogen-bond acceptors (Lipinski definition) is 1. The van der Waals surface area contributed by atoms with E-state index in [0.29, 0.717) is 0 Å². The Morgan fingerprint density at radius 2 is 2.14 bits per heavy atom. The number of rotatable bonds is 3. The summed E-state index contributed by atoms with van der Waals surface area (Å²) in [7, 11) is 0. The fourth-order valence-corrected chi connectivity index (χ4v) is 1.33. The van der Waals surface area contributed by atoms with Gasteiger partial charge in [-0.1, -0.05) is 24.1 Å². The molecule has 0 aromatic heterocycles. The third kappa shape index (κ3) is 2.61.